The van der Waals surface area contributed by atoms with Gasteiger partial charge in [0.2, 0.25) is 0 Å². The third-order valence-corrected chi connectivity index (χ3v) is 8.30. The fourth-order valence-corrected chi connectivity index (χ4v) is 5.98. The molecule has 3 aromatic carbocycles. The third kappa shape index (κ3) is 6.49. The van der Waals surface area contributed by atoms with Crippen LogP contribution in [0.3, 0.4) is 0 Å². The number of hydrogen-bond acceptors (Lipinski definition) is 6. The number of ketones is 1. The molecule has 0 N–H and O–H groups in total. The number of carbonyl (C=O) groups is 2. The van der Waals surface area contributed by atoms with Crippen LogP contribution in [0.15, 0.2) is 97.2 Å². The predicted molar refractivity (Wildman–Crippen MR) is 169 cm³/mol. The lowest BCUT2D eigenvalue weighted by Gasteiger charge is -2.50. The van der Waals surface area contributed by atoms with Crippen LogP contribution in [0.5, 0.6) is 11.5 Å². The maximum absolute atomic E-state index is 13.5. The van der Waals surface area contributed by atoms with Crippen molar-refractivity contribution in [3.05, 3.63) is 120 Å². The molecule has 6 rings (SSSR count). The van der Waals surface area contributed by atoms with E-state index in [2.05, 4.69) is 39.5 Å². The maximum atomic E-state index is 13.5. The Labute approximate surface area is 257 Å². The molecule has 8 heteroatoms. The largest absolute Gasteiger partial charge is 0.493 e. The normalized spacial score (nSPS) is 18.9. The van der Waals surface area contributed by atoms with Crippen molar-refractivity contribution < 1.29 is 19.1 Å². The minimum absolute atomic E-state index is 0.0717. The Kier molecular flexibility index (Phi) is 8.96. The average molecular weight is 589 g/mol. The van der Waals surface area contributed by atoms with Crippen LogP contribution < -0.4 is 9.47 Å². The minimum atomic E-state index is -0.433. The fourth-order valence-electron chi connectivity index (χ4n) is 5.98. The first kappa shape index (κ1) is 29.1. The van der Waals surface area contributed by atoms with E-state index in [9.17, 15) is 9.59 Å². The van der Waals surface area contributed by atoms with Crippen LogP contribution in [0, 0.1) is 0 Å². The third-order valence-electron chi connectivity index (χ3n) is 8.30. The molecule has 2 aliphatic rings. The molecule has 2 heterocycles. The Bertz CT molecular complexity index is 1640. The first-order chi connectivity index (χ1) is 21.6. The number of nitrogens with zero attached hydrogens (tertiary/aromatic N) is 4. The summed E-state index contributed by atoms with van der Waals surface area (Å²) >= 11 is 0. The van der Waals surface area contributed by atoms with Gasteiger partial charge in [0, 0.05) is 11.6 Å². The van der Waals surface area contributed by atoms with Gasteiger partial charge in [-0.15, -0.1) is 5.10 Å². The first-order valence-electron chi connectivity index (χ1n) is 15.1. The van der Waals surface area contributed by atoms with E-state index in [1.807, 2.05) is 48.5 Å². The van der Waals surface area contributed by atoms with Crippen molar-refractivity contribution in [1.82, 2.24) is 19.9 Å². The molecule has 1 saturated heterocycles. The molecule has 1 aliphatic carbocycles. The highest BCUT2D eigenvalue weighted by molar-refractivity contribution is 6.06. The molecule has 2 unspecified atom stereocenters. The van der Waals surface area contributed by atoms with Crippen LogP contribution >= 0.6 is 0 Å². The van der Waals surface area contributed by atoms with Gasteiger partial charge in [0.05, 0.1) is 19.3 Å². The van der Waals surface area contributed by atoms with Gasteiger partial charge in [-0.2, -0.15) is 0 Å². The number of benzene rings is 3. The number of amides is 1. The Morgan fingerprint density at radius 3 is 2.41 bits per heavy atom. The topological polar surface area (TPSA) is 86.5 Å². The Morgan fingerprint density at radius 1 is 0.909 bits per heavy atom. The highest BCUT2D eigenvalue weighted by Gasteiger charge is 2.50. The molecule has 224 valence electrons. The van der Waals surface area contributed by atoms with Gasteiger partial charge in [-0.3, -0.25) is 9.59 Å². The van der Waals surface area contributed by atoms with E-state index < -0.39 is 6.04 Å². The van der Waals surface area contributed by atoms with Crippen molar-refractivity contribution in [2.75, 3.05) is 7.11 Å². The zero-order valence-corrected chi connectivity index (χ0v) is 24.8. The summed E-state index contributed by atoms with van der Waals surface area (Å²) in [5.41, 5.74) is 3.15. The summed E-state index contributed by atoms with van der Waals surface area (Å²) in [5.74, 6) is 1.10. The number of ether oxygens (including phenoxy) is 2. The van der Waals surface area contributed by atoms with Crippen LogP contribution in [0.4, 0.5) is 0 Å². The highest BCUT2D eigenvalue weighted by atomic mass is 16.5. The standard InChI is InChI=1S/C36H36N4O4/c1-43-34-23-27(18-21-32(41)28-13-7-3-8-14-28)19-22-33(34)44-25-29-24-39(38-37-29)35-31(20-17-26-11-5-2-6-12-26)40(36(35)42)30-15-9-4-10-16-30/h2-3,5-8,11-14,17-24,30-31,35H,4,9-10,15-16,25H2,1H3/b20-17+,21-18+. The van der Waals surface area contributed by atoms with Gasteiger partial charge in [-0.05, 0) is 42.2 Å². The van der Waals surface area contributed by atoms with Crippen molar-refractivity contribution in [1.29, 1.82) is 0 Å². The van der Waals surface area contributed by atoms with Crippen molar-refractivity contribution in [3.8, 4) is 11.5 Å². The Morgan fingerprint density at radius 2 is 1.66 bits per heavy atom. The van der Waals surface area contributed by atoms with Crippen molar-refractivity contribution in [2.45, 2.75) is 56.8 Å². The number of aromatic nitrogens is 3. The fraction of sp³-hybridized carbons (Fsp3) is 0.278. The van der Waals surface area contributed by atoms with Crippen LogP contribution in [0.2, 0.25) is 0 Å². The number of methoxy groups -OCH3 is 1. The van der Waals surface area contributed by atoms with Gasteiger partial charge in [0.1, 0.15) is 12.3 Å². The van der Waals surface area contributed by atoms with E-state index in [4.69, 9.17) is 9.47 Å². The number of likely N-dealkylation sites (tertiary alicyclic amines) is 1. The molecular formula is C36H36N4O4. The molecule has 2 fully saturated rings. The predicted octanol–water partition coefficient (Wildman–Crippen LogP) is 6.56. The molecule has 1 amide bonds. The summed E-state index contributed by atoms with van der Waals surface area (Å²) in [4.78, 5) is 28.0. The lowest BCUT2D eigenvalue weighted by atomic mass is 9.85. The number of hydrogen-bond donors (Lipinski definition) is 0. The Balaban J connectivity index is 1.13. The molecular weight excluding hydrogens is 552 g/mol. The zero-order valence-electron chi connectivity index (χ0n) is 24.8. The number of β-lactam (4-membered cyclic amide) rings is 1. The summed E-state index contributed by atoms with van der Waals surface area (Å²) in [6, 6.07) is 24.5. The van der Waals surface area contributed by atoms with Crippen molar-refractivity contribution in [3.63, 3.8) is 0 Å². The SMILES string of the molecule is COc1cc(/C=C/C(=O)c2ccccc2)ccc1OCc1cn(C2C(=O)N(C3CCCCC3)C2/C=C/c2ccccc2)nn1. The zero-order chi connectivity index (χ0) is 30.3. The molecule has 4 aromatic rings. The van der Waals surface area contributed by atoms with E-state index in [1.54, 1.807) is 48.3 Å². The average Bonchev–Trinajstić information content (AvgIpc) is 3.53. The van der Waals surface area contributed by atoms with E-state index in [0.717, 1.165) is 36.8 Å². The van der Waals surface area contributed by atoms with Crippen LogP contribution in [0.25, 0.3) is 12.2 Å². The Hall–Kier alpha value is -4.98. The minimum Gasteiger partial charge on any atom is -0.493 e. The lowest BCUT2D eigenvalue weighted by molar-refractivity contribution is -0.157. The summed E-state index contributed by atoms with van der Waals surface area (Å²) in [7, 11) is 1.57. The molecule has 1 saturated carbocycles. The van der Waals surface area contributed by atoms with E-state index >= 15 is 0 Å². The van der Waals surface area contributed by atoms with E-state index in [-0.39, 0.29) is 30.4 Å². The molecule has 2 atom stereocenters. The van der Waals surface area contributed by atoms with Gasteiger partial charge < -0.3 is 14.4 Å². The molecule has 1 aromatic heterocycles. The molecule has 0 radical (unpaired) electrons. The van der Waals surface area contributed by atoms with E-state index in [0.29, 0.717) is 22.8 Å². The van der Waals surface area contributed by atoms with Gasteiger partial charge >= 0.3 is 0 Å². The van der Waals surface area contributed by atoms with Gasteiger partial charge in [-0.1, -0.05) is 109 Å². The number of rotatable bonds is 11. The maximum Gasteiger partial charge on any atom is 0.250 e. The second-order valence-electron chi connectivity index (χ2n) is 11.2. The summed E-state index contributed by atoms with van der Waals surface area (Å²) in [6.45, 7) is 0.163. The second-order valence-corrected chi connectivity index (χ2v) is 11.2. The lowest BCUT2D eigenvalue weighted by Crippen LogP contribution is -2.64. The summed E-state index contributed by atoms with van der Waals surface area (Å²) < 4.78 is 13.3. The van der Waals surface area contributed by atoms with Gasteiger partial charge in [0.25, 0.3) is 5.91 Å². The second kappa shape index (κ2) is 13.5. The smallest absolute Gasteiger partial charge is 0.250 e. The van der Waals surface area contributed by atoms with E-state index in [1.165, 1.54) is 6.42 Å². The highest BCUT2D eigenvalue weighted by Crippen LogP contribution is 2.38. The molecule has 0 spiro atoms. The van der Waals surface area contributed by atoms with Gasteiger partial charge in [0.15, 0.2) is 23.3 Å². The first-order valence-corrected chi connectivity index (χ1v) is 15.1. The summed E-state index contributed by atoms with van der Waals surface area (Å²) in [5, 5.41) is 8.65. The van der Waals surface area contributed by atoms with Crippen LogP contribution in [0.1, 0.15) is 65.3 Å². The molecule has 44 heavy (non-hydrogen) atoms. The van der Waals surface area contributed by atoms with Crippen LogP contribution in [-0.2, 0) is 11.4 Å². The molecule has 8 nitrogen and oxygen atoms in total. The monoisotopic (exact) mass is 588 g/mol. The van der Waals surface area contributed by atoms with Crippen molar-refractivity contribution >= 4 is 23.8 Å². The van der Waals surface area contributed by atoms with Crippen LogP contribution in [-0.4, -0.2) is 50.8 Å². The number of allylic oxidation sites excluding steroid dienone is 1. The summed E-state index contributed by atoms with van der Waals surface area (Å²) in [6.07, 6.45) is 14.9. The number of carbonyl (C=O) groups excluding carboxylic acids is 2. The van der Waals surface area contributed by atoms with Crippen molar-refractivity contribution in [2.24, 2.45) is 0 Å². The molecule has 1 aliphatic heterocycles. The molecule has 0 bridgehead atoms. The quantitative estimate of drug-likeness (QED) is 0.112. The van der Waals surface area contributed by atoms with Gasteiger partial charge in [-0.25, -0.2) is 4.68 Å².